The standard InChI is InChI=1S/C17H22N4O3S2/c1-3-21-15(13-7-5-4-6-8-13)19-20-17(21)25-12(2)16(22)18-14-9-10-26(23,24)11-14/h4-8,12,14H,3,9-11H2,1-2H3,(H,18,22)/t12-,14-/m1/s1. The molecule has 1 amide bonds. The van der Waals surface area contributed by atoms with E-state index in [2.05, 4.69) is 15.5 Å². The summed E-state index contributed by atoms with van der Waals surface area (Å²) in [4.78, 5) is 12.4. The van der Waals surface area contributed by atoms with E-state index in [9.17, 15) is 13.2 Å². The van der Waals surface area contributed by atoms with Gasteiger partial charge in [0.1, 0.15) is 0 Å². The van der Waals surface area contributed by atoms with Crippen LogP contribution in [-0.2, 0) is 21.2 Å². The Kier molecular flexibility index (Phi) is 5.67. The zero-order chi connectivity index (χ0) is 18.7. The maximum atomic E-state index is 12.4. The highest BCUT2D eigenvalue weighted by molar-refractivity contribution is 8.00. The van der Waals surface area contributed by atoms with E-state index < -0.39 is 15.1 Å². The lowest BCUT2D eigenvalue weighted by atomic mass is 10.2. The van der Waals surface area contributed by atoms with Crippen LogP contribution in [0.15, 0.2) is 35.5 Å². The van der Waals surface area contributed by atoms with Crippen LogP contribution in [0.1, 0.15) is 20.3 Å². The number of rotatable bonds is 6. The van der Waals surface area contributed by atoms with Gasteiger partial charge in [0.25, 0.3) is 0 Å². The van der Waals surface area contributed by atoms with Crippen LogP contribution in [0, 0.1) is 0 Å². The third kappa shape index (κ3) is 4.27. The molecule has 1 fully saturated rings. The summed E-state index contributed by atoms with van der Waals surface area (Å²) in [5, 5.41) is 11.6. The van der Waals surface area contributed by atoms with Gasteiger partial charge in [-0.25, -0.2) is 8.42 Å². The number of hydrogen-bond donors (Lipinski definition) is 1. The van der Waals surface area contributed by atoms with E-state index in [4.69, 9.17) is 0 Å². The molecular formula is C17H22N4O3S2. The van der Waals surface area contributed by atoms with E-state index in [0.717, 1.165) is 11.4 Å². The molecule has 1 aromatic heterocycles. The molecule has 1 saturated heterocycles. The summed E-state index contributed by atoms with van der Waals surface area (Å²) in [6.07, 6.45) is 0.481. The van der Waals surface area contributed by atoms with E-state index in [0.29, 0.717) is 18.1 Å². The normalized spacial score (nSPS) is 20.0. The quantitative estimate of drug-likeness (QED) is 0.750. The zero-order valence-electron chi connectivity index (χ0n) is 14.8. The number of aromatic nitrogens is 3. The maximum absolute atomic E-state index is 12.4. The van der Waals surface area contributed by atoms with Crippen molar-refractivity contribution >= 4 is 27.5 Å². The van der Waals surface area contributed by atoms with Gasteiger partial charge in [0.2, 0.25) is 5.91 Å². The number of nitrogens with zero attached hydrogens (tertiary/aromatic N) is 3. The minimum absolute atomic E-state index is 0.0272. The van der Waals surface area contributed by atoms with Crippen LogP contribution in [0.4, 0.5) is 0 Å². The molecule has 0 unspecified atom stereocenters. The van der Waals surface area contributed by atoms with E-state index in [1.807, 2.05) is 41.8 Å². The summed E-state index contributed by atoms with van der Waals surface area (Å²) >= 11 is 1.33. The SMILES string of the molecule is CCn1c(S[C@H](C)C(=O)N[C@@H]2CCS(=O)(=O)C2)nnc1-c1ccccc1. The van der Waals surface area contributed by atoms with Gasteiger partial charge in [-0.05, 0) is 20.3 Å². The Labute approximate surface area is 157 Å². The largest absolute Gasteiger partial charge is 0.351 e. The predicted octanol–water partition coefficient (Wildman–Crippen LogP) is 1.75. The molecule has 7 nitrogen and oxygen atoms in total. The fourth-order valence-corrected chi connectivity index (χ4v) is 5.50. The molecule has 0 spiro atoms. The van der Waals surface area contributed by atoms with Gasteiger partial charge in [-0.2, -0.15) is 0 Å². The number of amides is 1. The second kappa shape index (κ2) is 7.79. The topological polar surface area (TPSA) is 94.0 Å². The zero-order valence-corrected chi connectivity index (χ0v) is 16.4. The Hall–Kier alpha value is -1.87. The molecule has 2 heterocycles. The minimum Gasteiger partial charge on any atom is -0.351 e. The lowest BCUT2D eigenvalue weighted by molar-refractivity contribution is -0.120. The molecule has 140 valence electrons. The lowest BCUT2D eigenvalue weighted by Gasteiger charge is -2.15. The molecule has 3 rings (SSSR count). The fraction of sp³-hybridized carbons (Fsp3) is 0.471. The van der Waals surface area contributed by atoms with Gasteiger partial charge < -0.3 is 9.88 Å². The van der Waals surface area contributed by atoms with E-state index in [1.54, 1.807) is 6.92 Å². The monoisotopic (exact) mass is 394 g/mol. The second-order valence-electron chi connectivity index (χ2n) is 6.29. The van der Waals surface area contributed by atoms with Gasteiger partial charge in [-0.15, -0.1) is 10.2 Å². The average Bonchev–Trinajstić information content (AvgIpc) is 3.17. The average molecular weight is 395 g/mol. The van der Waals surface area contributed by atoms with Crippen LogP contribution in [0.3, 0.4) is 0 Å². The molecular weight excluding hydrogens is 372 g/mol. The van der Waals surface area contributed by atoms with E-state index in [1.165, 1.54) is 11.8 Å². The number of benzene rings is 1. The van der Waals surface area contributed by atoms with Crippen LogP contribution in [0.2, 0.25) is 0 Å². The van der Waals surface area contributed by atoms with Crippen LogP contribution in [-0.4, -0.2) is 51.9 Å². The van der Waals surface area contributed by atoms with Crippen molar-refractivity contribution in [2.45, 2.75) is 43.3 Å². The molecule has 0 radical (unpaired) electrons. The smallest absolute Gasteiger partial charge is 0.233 e. The van der Waals surface area contributed by atoms with E-state index in [-0.39, 0.29) is 23.5 Å². The first kappa shape index (κ1) is 18.9. The summed E-state index contributed by atoms with van der Waals surface area (Å²) < 4.78 is 25.0. The Balaban J connectivity index is 1.68. The molecule has 2 atom stereocenters. The van der Waals surface area contributed by atoms with Gasteiger partial charge in [0.05, 0.1) is 16.8 Å². The van der Waals surface area contributed by atoms with Crippen LogP contribution in [0.5, 0.6) is 0 Å². The van der Waals surface area contributed by atoms with Crippen LogP contribution < -0.4 is 5.32 Å². The molecule has 9 heteroatoms. The van der Waals surface area contributed by atoms with Crippen molar-refractivity contribution in [1.29, 1.82) is 0 Å². The number of thioether (sulfide) groups is 1. The van der Waals surface area contributed by atoms with Crippen molar-refractivity contribution in [3.8, 4) is 11.4 Å². The molecule has 0 aliphatic carbocycles. The first-order chi connectivity index (χ1) is 12.4. The van der Waals surface area contributed by atoms with Crippen molar-refractivity contribution in [2.75, 3.05) is 11.5 Å². The first-order valence-electron chi connectivity index (χ1n) is 8.55. The van der Waals surface area contributed by atoms with Gasteiger partial charge in [0, 0.05) is 18.2 Å². The molecule has 1 N–H and O–H groups in total. The third-order valence-corrected chi connectivity index (χ3v) is 7.14. The minimum atomic E-state index is -3.01. The van der Waals surface area contributed by atoms with Crippen molar-refractivity contribution in [3.05, 3.63) is 30.3 Å². The second-order valence-corrected chi connectivity index (χ2v) is 9.82. The predicted molar refractivity (Wildman–Crippen MR) is 102 cm³/mol. The summed E-state index contributed by atoms with van der Waals surface area (Å²) in [7, 11) is -3.01. The maximum Gasteiger partial charge on any atom is 0.233 e. The molecule has 2 aromatic rings. The number of carbonyl (C=O) groups is 1. The first-order valence-corrected chi connectivity index (χ1v) is 11.3. The van der Waals surface area contributed by atoms with Crippen molar-refractivity contribution in [2.24, 2.45) is 0 Å². The number of sulfone groups is 1. The van der Waals surface area contributed by atoms with Crippen molar-refractivity contribution < 1.29 is 13.2 Å². The van der Waals surface area contributed by atoms with Gasteiger partial charge in [-0.3, -0.25) is 4.79 Å². The lowest BCUT2D eigenvalue weighted by Crippen LogP contribution is -2.40. The van der Waals surface area contributed by atoms with Gasteiger partial charge in [-0.1, -0.05) is 42.1 Å². The Bertz CT molecular complexity index is 881. The summed E-state index contributed by atoms with van der Waals surface area (Å²) in [5.74, 6) is 0.762. The number of hydrogen-bond acceptors (Lipinski definition) is 6. The van der Waals surface area contributed by atoms with Gasteiger partial charge >= 0.3 is 0 Å². The summed E-state index contributed by atoms with van der Waals surface area (Å²) in [5.41, 5.74) is 0.974. The Morgan fingerprint density at radius 1 is 1.35 bits per heavy atom. The van der Waals surface area contributed by atoms with E-state index >= 15 is 0 Å². The fourth-order valence-electron chi connectivity index (χ4n) is 2.90. The molecule has 1 aliphatic rings. The number of nitrogens with one attached hydrogen (secondary N) is 1. The molecule has 1 aliphatic heterocycles. The number of carbonyl (C=O) groups excluding carboxylic acids is 1. The Morgan fingerprint density at radius 2 is 2.08 bits per heavy atom. The highest BCUT2D eigenvalue weighted by Crippen LogP contribution is 2.27. The van der Waals surface area contributed by atoms with Gasteiger partial charge in [0.15, 0.2) is 20.8 Å². The highest BCUT2D eigenvalue weighted by atomic mass is 32.2. The molecule has 0 saturated carbocycles. The van der Waals surface area contributed by atoms with Crippen molar-refractivity contribution in [1.82, 2.24) is 20.1 Å². The highest BCUT2D eigenvalue weighted by Gasteiger charge is 2.30. The van der Waals surface area contributed by atoms with Crippen molar-refractivity contribution in [3.63, 3.8) is 0 Å². The summed E-state index contributed by atoms with van der Waals surface area (Å²) in [6.45, 7) is 4.49. The molecule has 1 aromatic carbocycles. The molecule has 0 bridgehead atoms. The third-order valence-electron chi connectivity index (χ3n) is 4.30. The van der Waals surface area contributed by atoms with Crippen LogP contribution >= 0.6 is 11.8 Å². The van der Waals surface area contributed by atoms with Crippen LogP contribution in [0.25, 0.3) is 11.4 Å². The molecule has 26 heavy (non-hydrogen) atoms. The Morgan fingerprint density at radius 3 is 2.69 bits per heavy atom. The summed E-state index contributed by atoms with van der Waals surface area (Å²) in [6, 6.07) is 9.49.